The molecule has 3 rings (SSSR count). The number of rotatable bonds is 1. The molecule has 0 saturated heterocycles. The summed E-state index contributed by atoms with van der Waals surface area (Å²) in [5, 5.41) is 11.0. The summed E-state index contributed by atoms with van der Waals surface area (Å²) in [5.74, 6) is 0. The first-order valence-corrected chi connectivity index (χ1v) is 7.25. The molecular formula is C17H12F6N2O. The zero-order valence-corrected chi connectivity index (χ0v) is 12.9. The van der Waals surface area contributed by atoms with Gasteiger partial charge in [0.25, 0.3) is 5.60 Å². The predicted molar refractivity (Wildman–Crippen MR) is 86.3 cm³/mol. The lowest BCUT2D eigenvalue weighted by Gasteiger charge is -2.33. The van der Waals surface area contributed by atoms with Crippen LogP contribution in [-0.2, 0) is 5.60 Å². The Morgan fingerprint density at radius 2 is 1.15 bits per heavy atom. The number of halogens is 6. The fourth-order valence-electron chi connectivity index (χ4n) is 3.00. The number of nitrogens with two attached hydrogens (primary N) is 2. The van der Waals surface area contributed by atoms with Gasteiger partial charge in [-0.2, -0.15) is 26.3 Å². The number of benzene rings is 3. The summed E-state index contributed by atoms with van der Waals surface area (Å²) >= 11 is 0. The first kappa shape index (κ1) is 18.1. The van der Waals surface area contributed by atoms with Crippen LogP contribution in [0.25, 0.3) is 21.5 Å². The molecule has 0 aliphatic rings. The standard InChI is InChI=1S/C17H12F6N2O/c18-16(19,20)15(26,17(21,22)23)12-7-6-9-8-2-1-3-13(24)10(8)4-5-11(9)14(12)25/h1-7,26H,24-25H2. The quantitative estimate of drug-likeness (QED) is 0.334. The molecule has 0 unspecified atom stereocenters. The lowest BCUT2D eigenvalue weighted by Crippen LogP contribution is -2.54. The highest BCUT2D eigenvalue weighted by atomic mass is 19.4. The zero-order valence-electron chi connectivity index (χ0n) is 12.9. The van der Waals surface area contributed by atoms with Crippen molar-refractivity contribution in [2.75, 3.05) is 11.5 Å². The lowest BCUT2D eigenvalue weighted by molar-refractivity contribution is -0.375. The first-order valence-electron chi connectivity index (χ1n) is 7.25. The Kier molecular flexibility index (Phi) is 3.77. The molecule has 5 N–H and O–H groups in total. The molecular weight excluding hydrogens is 362 g/mol. The van der Waals surface area contributed by atoms with Crippen molar-refractivity contribution >= 4 is 32.9 Å². The van der Waals surface area contributed by atoms with Crippen molar-refractivity contribution in [3.05, 3.63) is 48.0 Å². The summed E-state index contributed by atoms with van der Waals surface area (Å²) in [6.07, 6.45) is -12.0. The highest BCUT2D eigenvalue weighted by molar-refractivity contribution is 6.14. The van der Waals surface area contributed by atoms with E-state index in [1.807, 2.05) is 0 Å². The molecule has 0 amide bonds. The maximum atomic E-state index is 13.1. The molecule has 0 aromatic heterocycles. The van der Waals surface area contributed by atoms with Crippen molar-refractivity contribution in [3.63, 3.8) is 0 Å². The van der Waals surface area contributed by atoms with E-state index in [1.165, 1.54) is 12.1 Å². The minimum absolute atomic E-state index is 0.0486. The highest BCUT2D eigenvalue weighted by Crippen LogP contribution is 2.52. The van der Waals surface area contributed by atoms with Crippen LogP contribution in [0.3, 0.4) is 0 Å². The van der Waals surface area contributed by atoms with Crippen LogP contribution in [0.5, 0.6) is 0 Å². The Morgan fingerprint density at radius 1 is 0.654 bits per heavy atom. The van der Waals surface area contributed by atoms with E-state index in [2.05, 4.69) is 0 Å². The van der Waals surface area contributed by atoms with Crippen LogP contribution in [0.2, 0.25) is 0 Å². The largest absolute Gasteiger partial charge is 0.430 e. The van der Waals surface area contributed by atoms with Gasteiger partial charge < -0.3 is 16.6 Å². The average molecular weight is 374 g/mol. The SMILES string of the molecule is Nc1cccc2c1ccc1c(N)c(C(O)(C(F)(F)F)C(F)(F)F)ccc12. The fourth-order valence-corrected chi connectivity index (χ4v) is 3.00. The fraction of sp³-hybridized carbons (Fsp3) is 0.176. The maximum Gasteiger partial charge on any atom is 0.430 e. The molecule has 3 aromatic rings. The average Bonchev–Trinajstić information content (AvgIpc) is 2.52. The van der Waals surface area contributed by atoms with Gasteiger partial charge >= 0.3 is 12.4 Å². The lowest BCUT2D eigenvalue weighted by atomic mass is 9.87. The van der Waals surface area contributed by atoms with Crippen LogP contribution in [0.1, 0.15) is 5.56 Å². The van der Waals surface area contributed by atoms with Crippen molar-refractivity contribution in [2.24, 2.45) is 0 Å². The topological polar surface area (TPSA) is 72.3 Å². The van der Waals surface area contributed by atoms with Gasteiger partial charge in [-0.3, -0.25) is 0 Å². The monoisotopic (exact) mass is 374 g/mol. The molecule has 0 aliphatic heterocycles. The van der Waals surface area contributed by atoms with E-state index in [1.54, 1.807) is 18.2 Å². The molecule has 0 aliphatic carbocycles. The number of alkyl halides is 6. The summed E-state index contributed by atoms with van der Waals surface area (Å²) in [6, 6.07) is 9.16. The van der Waals surface area contributed by atoms with Gasteiger partial charge in [0.2, 0.25) is 0 Å². The van der Waals surface area contributed by atoms with Gasteiger partial charge in [-0.05, 0) is 16.8 Å². The Hall–Kier alpha value is -2.68. The van der Waals surface area contributed by atoms with E-state index in [-0.39, 0.29) is 5.39 Å². The van der Waals surface area contributed by atoms with Crippen LogP contribution in [-0.4, -0.2) is 17.5 Å². The molecule has 9 heteroatoms. The molecule has 0 fully saturated rings. The molecule has 0 spiro atoms. The first-order chi connectivity index (χ1) is 11.9. The third-order valence-corrected chi connectivity index (χ3v) is 4.34. The molecule has 0 bridgehead atoms. The van der Waals surface area contributed by atoms with Crippen LogP contribution in [0.4, 0.5) is 37.7 Å². The van der Waals surface area contributed by atoms with Gasteiger partial charge in [-0.1, -0.05) is 36.4 Å². The van der Waals surface area contributed by atoms with E-state index >= 15 is 0 Å². The van der Waals surface area contributed by atoms with Crippen LogP contribution < -0.4 is 11.5 Å². The number of fused-ring (bicyclic) bond motifs is 3. The number of hydrogen-bond acceptors (Lipinski definition) is 3. The Bertz CT molecular complexity index is 996. The van der Waals surface area contributed by atoms with Gasteiger partial charge in [0, 0.05) is 27.7 Å². The third-order valence-electron chi connectivity index (χ3n) is 4.34. The third kappa shape index (κ3) is 2.34. The van der Waals surface area contributed by atoms with E-state index in [4.69, 9.17) is 11.5 Å². The number of hydrogen-bond donors (Lipinski definition) is 3. The van der Waals surface area contributed by atoms with E-state index < -0.39 is 29.2 Å². The van der Waals surface area contributed by atoms with Gasteiger partial charge in [0.15, 0.2) is 0 Å². The summed E-state index contributed by atoms with van der Waals surface area (Å²) in [4.78, 5) is 0. The minimum Gasteiger partial charge on any atom is -0.398 e. The predicted octanol–water partition coefficient (Wildman–Crippen LogP) is 4.47. The molecule has 0 radical (unpaired) electrons. The second kappa shape index (κ2) is 5.41. The van der Waals surface area contributed by atoms with Crippen molar-refractivity contribution < 1.29 is 31.4 Å². The summed E-state index contributed by atoms with van der Waals surface area (Å²) in [5.41, 5.74) is 4.52. The second-order valence-corrected chi connectivity index (χ2v) is 5.84. The normalized spacial score (nSPS) is 13.5. The number of aliphatic hydroxyl groups is 1. The Balaban J connectivity index is 2.40. The summed E-state index contributed by atoms with van der Waals surface area (Å²) < 4.78 is 78.8. The van der Waals surface area contributed by atoms with Crippen LogP contribution in [0.15, 0.2) is 42.5 Å². The number of anilines is 2. The van der Waals surface area contributed by atoms with Gasteiger partial charge in [0.1, 0.15) is 0 Å². The van der Waals surface area contributed by atoms with Crippen LogP contribution >= 0.6 is 0 Å². The molecule has 0 heterocycles. The van der Waals surface area contributed by atoms with Crippen molar-refractivity contribution in [1.82, 2.24) is 0 Å². The Labute approximate surface area is 142 Å². The molecule has 3 nitrogen and oxygen atoms in total. The van der Waals surface area contributed by atoms with E-state index in [9.17, 15) is 31.4 Å². The summed E-state index contributed by atoms with van der Waals surface area (Å²) in [7, 11) is 0. The molecule has 26 heavy (non-hydrogen) atoms. The molecule has 138 valence electrons. The van der Waals surface area contributed by atoms with Gasteiger partial charge in [-0.25, -0.2) is 0 Å². The molecule has 0 atom stereocenters. The van der Waals surface area contributed by atoms with Crippen molar-refractivity contribution in [1.29, 1.82) is 0 Å². The molecule has 3 aromatic carbocycles. The van der Waals surface area contributed by atoms with E-state index in [0.717, 1.165) is 6.07 Å². The summed E-state index contributed by atoms with van der Waals surface area (Å²) in [6.45, 7) is 0. The van der Waals surface area contributed by atoms with E-state index in [0.29, 0.717) is 27.9 Å². The minimum atomic E-state index is -6.01. The van der Waals surface area contributed by atoms with Crippen molar-refractivity contribution in [2.45, 2.75) is 18.0 Å². The highest BCUT2D eigenvalue weighted by Gasteiger charge is 2.72. The number of nitrogen functional groups attached to an aromatic ring is 2. The second-order valence-electron chi connectivity index (χ2n) is 5.84. The smallest absolute Gasteiger partial charge is 0.398 e. The Morgan fingerprint density at radius 3 is 1.73 bits per heavy atom. The van der Waals surface area contributed by atoms with Gasteiger partial charge in [0.05, 0.1) is 0 Å². The molecule has 0 saturated carbocycles. The van der Waals surface area contributed by atoms with Gasteiger partial charge in [-0.15, -0.1) is 0 Å². The zero-order chi connectivity index (χ0) is 19.5. The van der Waals surface area contributed by atoms with Crippen LogP contribution in [0, 0.1) is 0 Å². The van der Waals surface area contributed by atoms with Crippen molar-refractivity contribution in [3.8, 4) is 0 Å². The maximum absolute atomic E-state index is 13.1.